The van der Waals surface area contributed by atoms with Gasteiger partial charge >= 0.3 is 0 Å². The molecular weight excluding hydrogens is 342 g/mol. The van der Waals surface area contributed by atoms with Crippen LogP contribution in [0.15, 0.2) is 46.9 Å². The minimum atomic E-state index is -0.230. The molecular formula is C15H13BrClNO2. The first-order valence-corrected chi connectivity index (χ1v) is 7.16. The summed E-state index contributed by atoms with van der Waals surface area (Å²) in [7, 11) is 0. The maximum absolute atomic E-state index is 11.9. The molecule has 0 fully saturated rings. The van der Waals surface area contributed by atoms with Crippen LogP contribution >= 0.6 is 27.5 Å². The average Bonchev–Trinajstić information content (AvgIpc) is 2.42. The highest BCUT2D eigenvalue weighted by Crippen LogP contribution is 2.24. The van der Waals surface area contributed by atoms with Gasteiger partial charge in [-0.15, -0.1) is 0 Å². The van der Waals surface area contributed by atoms with Crippen LogP contribution in [0.1, 0.15) is 5.56 Å². The molecule has 5 heteroatoms. The van der Waals surface area contributed by atoms with E-state index in [1.54, 1.807) is 18.2 Å². The Hall–Kier alpha value is -1.52. The number of amides is 1. The molecule has 2 aromatic carbocycles. The van der Waals surface area contributed by atoms with Crippen molar-refractivity contribution in [3.63, 3.8) is 0 Å². The number of benzene rings is 2. The van der Waals surface area contributed by atoms with Gasteiger partial charge < -0.3 is 10.1 Å². The molecule has 0 aliphatic rings. The van der Waals surface area contributed by atoms with Gasteiger partial charge in [-0.25, -0.2) is 0 Å². The Labute approximate surface area is 131 Å². The Morgan fingerprint density at radius 2 is 2.05 bits per heavy atom. The second-order valence-corrected chi connectivity index (χ2v) is 5.52. The summed E-state index contributed by atoms with van der Waals surface area (Å²) in [5.74, 6) is 0.400. The van der Waals surface area contributed by atoms with Crippen LogP contribution in [0.5, 0.6) is 5.75 Å². The molecule has 0 radical (unpaired) electrons. The van der Waals surface area contributed by atoms with Gasteiger partial charge in [-0.2, -0.15) is 0 Å². The highest BCUT2D eigenvalue weighted by atomic mass is 79.9. The van der Waals surface area contributed by atoms with Crippen LogP contribution in [0.25, 0.3) is 0 Å². The number of hydrogen-bond acceptors (Lipinski definition) is 2. The van der Waals surface area contributed by atoms with E-state index in [0.717, 1.165) is 10.0 Å². The average molecular weight is 355 g/mol. The normalized spacial score (nSPS) is 10.2. The minimum Gasteiger partial charge on any atom is -0.483 e. The summed E-state index contributed by atoms with van der Waals surface area (Å²) in [5, 5.41) is 3.36. The van der Waals surface area contributed by atoms with Crippen LogP contribution in [0.4, 0.5) is 5.69 Å². The van der Waals surface area contributed by atoms with Gasteiger partial charge in [0.15, 0.2) is 6.61 Å². The topological polar surface area (TPSA) is 38.3 Å². The van der Waals surface area contributed by atoms with E-state index >= 15 is 0 Å². The number of anilines is 1. The first-order chi connectivity index (χ1) is 9.56. The van der Waals surface area contributed by atoms with Crippen molar-refractivity contribution < 1.29 is 9.53 Å². The molecule has 20 heavy (non-hydrogen) atoms. The van der Waals surface area contributed by atoms with E-state index in [0.29, 0.717) is 16.5 Å². The predicted molar refractivity (Wildman–Crippen MR) is 84.5 cm³/mol. The summed E-state index contributed by atoms with van der Waals surface area (Å²) in [6, 6.07) is 12.7. The van der Waals surface area contributed by atoms with E-state index < -0.39 is 0 Å². The maximum Gasteiger partial charge on any atom is 0.262 e. The Morgan fingerprint density at radius 3 is 2.80 bits per heavy atom. The standard InChI is InChI=1S/C15H13BrClNO2/c1-10-6-7-11(17)8-13(10)18-15(19)9-20-14-5-3-2-4-12(14)16/h2-8H,9H2,1H3,(H,18,19). The summed E-state index contributed by atoms with van der Waals surface area (Å²) in [5.41, 5.74) is 1.64. The third kappa shape index (κ3) is 3.99. The molecule has 0 saturated heterocycles. The molecule has 0 atom stereocenters. The van der Waals surface area contributed by atoms with Crippen molar-refractivity contribution in [2.75, 3.05) is 11.9 Å². The molecule has 0 aromatic heterocycles. The van der Waals surface area contributed by atoms with Gasteiger partial charge in [0, 0.05) is 10.7 Å². The highest BCUT2D eigenvalue weighted by Gasteiger charge is 2.07. The van der Waals surface area contributed by atoms with Gasteiger partial charge in [0.05, 0.1) is 4.47 Å². The lowest BCUT2D eigenvalue weighted by Crippen LogP contribution is -2.20. The third-order valence-electron chi connectivity index (χ3n) is 2.67. The molecule has 0 spiro atoms. The number of halogens is 2. The molecule has 1 amide bonds. The zero-order valence-corrected chi connectivity index (χ0v) is 13.2. The molecule has 1 N–H and O–H groups in total. The first kappa shape index (κ1) is 14.9. The fourth-order valence-electron chi connectivity index (χ4n) is 1.62. The lowest BCUT2D eigenvalue weighted by atomic mass is 10.2. The molecule has 3 nitrogen and oxygen atoms in total. The van der Waals surface area contributed by atoms with E-state index in [9.17, 15) is 4.79 Å². The van der Waals surface area contributed by atoms with E-state index in [4.69, 9.17) is 16.3 Å². The smallest absolute Gasteiger partial charge is 0.262 e. The van der Waals surface area contributed by atoms with Gasteiger partial charge in [-0.1, -0.05) is 29.8 Å². The monoisotopic (exact) mass is 353 g/mol. The Balaban J connectivity index is 1.96. The summed E-state index contributed by atoms with van der Waals surface area (Å²) < 4.78 is 6.26. The quantitative estimate of drug-likeness (QED) is 0.882. The fraction of sp³-hybridized carbons (Fsp3) is 0.133. The van der Waals surface area contributed by atoms with Crippen LogP contribution in [0, 0.1) is 6.92 Å². The van der Waals surface area contributed by atoms with Crippen LogP contribution in [0.2, 0.25) is 5.02 Å². The van der Waals surface area contributed by atoms with Crippen molar-refractivity contribution in [1.29, 1.82) is 0 Å². The van der Waals surface area contributed by atoms with Gasteiger partial charge in [0.25, 0.3) is 5.91 Å². The Morgan fingerprint density at radius 1 is 1.30 bits per heavy atom. The molecule has 0 aliphatic carbocycles. The van der Waals surface area contributed by atoms with Gasteiger partial charge in [0.1, 0.15) is 5.75 Å². The molecule has 0 bridgehead atoms. The number of rotatable bonds is 4. The largest absolute Gasteiger partial charge is 0.483 e. The third-order valence-corrected chi connectivity index (χ3v) is 3.56. The molecule has 2 aromatic rings. The van der Waals surface area contributed by atoms with Crippen molar-refractivity contribution in [3.8, 4) is 5.75 Å². The SMILES string of the molecule is Cc1ccc(Cl)cc1NC(=O)COc1ccccc1Br. The van der Waals surface area contributed by atoms with Crippen molar-refractivity contribution in [2.45, 2.75) is 6.92 Å². The van der Waals surface area contributed by atoms with E-state index in [2.05, 4.69) is 21.2 Å². The van der Waals surface area contributed by atoms with E-state index in [1.165, 1.54) is 0 Å². The second-order valence-electron chi connectivity index (χ2n) is 4.23. The lowest BCUT2D eigenvalue weighted by Gasteiger charge is -2.10. The van der Waals surface area contributed by atoms with E-state index in [1.807, 2.05) is 31.2 Å². The summed E-state index contributed by atoms with van der Waals surface area (Å²) in [4.78, 5) is 11.9. The van der Waals surface area contributed by atoms with Crippen LogP contribution in [-0.2, 0) is 4.79 Å². The number of nitrogens with one attached hydrogen (secondary N) is 1. The Kier molecular flexibility index (Phi) is 5.04. The Bertz CT molecular complexity index is 631. The number of aryl methyl sites for hydroxylation is 1. The maximum atomic E-state index is 11.9. The zero-order chi connectivity index (χ0) is 14.5. The van der Waals surface area contributed by atoms with Crippen LogP contribution in [-0.4, -0.2) is 12.5 Å². The number of carbonyl (C=O) groups excluding carboxylic acids is 1. The van der Waals surface area contributed by atoms with Gasteiger partial charge in [-0.05, 0) is 52.7 Å². The van der Waals surface area contributed by atoms with Crippen molar-refractivity contribution in [2.24, 2.45) is 0 Å². The number of carbonyl (C=O) groups is 1. The van der Waals surface area contributed by atoms with Gasteiger partial charge in [-0.3, -0.25) is 4.79 Å². The van der Waals surface area contributed by atoms with Crippen LogP contribution < -0.4 is 10.1 Å². The fourth-order valence-corrected chi connectivity index (χ4v) is 2.19. The van der Waals surface area contributed by atoms with Gasteiger partial charge in [0.2, 0.25) is 0 Å². The minimum absolute atomic E-state index is 0.0609. The zero-order valence-electron chi connectivity index (χ0n) is 10.8. The predicted octanol–water partition coefficient (Wildman–Crippen LogP) is 4.43. The number of ether oxygens (including phenoxy) is 1. The molecule has 0 aliphatic heterocycles. The summed E-state index contributed by atoms with van der Waals surface area (Å²) >= 11 is 9.27. The number of hydrogen-bond donors (Lipinski definition) is 1. The lowest BCUT2D eigenvalue weighted by molar-refractivity contribution is -0.118. The van der Waals surface area contributed by atoms with Crippen molar-refractivity contribution in [3.05, 3.63) is 57.5 Å². The number of para-hydroxylation sites is 1. The first-order valence-electron chi connectivity index (χ1n) is 5.99. The molecule has 0 saturated carbocycles. The van der Waals surface area contributed by atoms with Crippen molar-refractivity contribution >= 4 is 39.1 Å². The van der Waals surface area contributed by atoms with E-state index in [-0.39, 0.29) is 12.5 Å². The van der Waals surface area contributed by atoms with Crippen LogP contribution in [0.3, 0.4) is 0 Å². The second kappa shape index (κ2) is 6.77. The summed E-state index contributed by atoms with van der Waals surface area (Å²) in [6.45, 7) is 1.84. The van der Waals surface area contributed by atoms with Crippen molar-refractivity contribution in [1.82, 2.24) is 0 Å². The molecule has 0 unspecified atom stereocenters. The molecule has 0 heterocycles. The highest BCUT2D eigenvalue weighted by molar-refractivity contribution is 9.10. The molecule has 104 valence electrons. The molecule has 2 rings (SSSR count). The summed E-state index contributed by atoms with van der Waals surface area (Å²) in [6.07, 6.45) is 0.